The molecule has 0 fully saturated rings. The normalized spacial score (nSPS) is 10.8. The Morgan fingerprint density at radius 1 is 1.17 bits per heavy atom. The molecular formula is C20H22N2O2. The zero-order valence-corrected chi connectivity index (χ0v) is 14.5. The van der Waals surface area contributed by atoms with Crippen LogP contribution in [0.1, 0.15) is 35.5 Å². The highest BCUT2D eigenvalue weighted by atomic mass is 16.3. The second-order valence-corrected chi connectivity index (χ2v) is 6.34. The van der Waals surface area contributed by atoms with Gasteiger partial charge in [0.05, 0.1) is 11.8 Å². The molecule has 3 aromatic rings. The van der Waals surface area contributed by atoms with Gasteiger partial charge in [-0.3, -0.25) is 4.79 Å². The van der Waals surface area contributed by atoms with Gasteiger partial charge in [-0.1, -0.05) is 17.7 Å². The number of rotatable bonds is 4. The van der Waals surface area contributed by atoms with E-state index in [1.54, 1.807) is 12.3 Å². The van der Waals surface area contributed by atoms with Crippen LogP contribution >= 0.6 is 0 Å². The van der Waals surface area contributed by atoms with Gasteiger partial charge < -0.3 is 14.3 Å². The third-order valence-electron chi connectivity index (χ3n) is 4.20. The van der Waals surface area contributed by atoms with Crippen LogP contribution in [-0.2, 0) is 6.54 Å². The molecule has 3 rings (SSSR count). The lowest BCUT2D eigenvalue weighted by Crippen LogP contribution is -2.17. The van der Waals surface area contributed by atoms with Gasteiger partial charge in [-0.05, 0) is 51.0 Å². The Morgan fingerprint density at radius 2 is 1.96 bits per heavy atom. The Kier molecular flexibility index (Phi) is 4.30. The van der Waals surface area contributed by atoms with Gasteiger partial charge in [0, 0.05) is 24.4 Å². The van der Waals surface area contributed by atoms with Gasteiger partial charge >= 0.3 is 0 Å². The van der Waals surface area contributed by atoms with E-state index in [0.717, 1.165) is 22.4 Å². The summed E-state index contributed by atoms with van der Waals surface area (Å²) in [5.41, 5.74) is 6.62. The van der Waals surface area contributed by atoms with Crippen molar-refractivity contribution in [3.05, 3.63) is 65.1 Å². The van der Waals surface area contributed by atoms with E-state index in [-0.39, 0.29) is 5.91 Å². The standard InChI is InChI=1S/C20H22N2O2/c1-13(2)7-9-22-17-8-10-24-19(17)12-18(22)20(23)21-16-6-5-14(3)15(4)11-16/h5-8,10-12H,9H2,1-4H3,(H,21,23). The van der Waals surface area contributed by atoms with Crippen LogP contribution in [0.5, 0.6) is 0 Å². The summed E-state index contributed by atoms with van der Waals surface area (Å²) in [6.07, 6.45) is 3.74. The number of nitrogens with zero attached hydrogens (tertiary/aromatic N) is 1. The fraction of sp³-hybridized carbons (Fsp3) is 0.250. The molecule has 0 saturated heterocycles. The first kappa shape index (κ1) is 16.1. The van der Waals surface area contributed by atoms with Gasteiger partial charge in [0.15, 0.2) is 5.58 Å². The summed E-state index contributed by atoms with van der Waals surface area (Å²) in [5.74, 6) is -0.133. The first-order valence-electron chi connectivity index (χ1n) is 8.04. The fourth-order valence-electron chi connectivity index (χ4n) is 2.65. The van der Waals surface area contributed by atoms with Crippen molar-refractivity contribution in [2.75, 3.05) is 5.32 Å². The number of furan rings is 1. The number of carbonyl (C=O) groups excluding carboxylic acids is 1. The lowest BCUT2D eigenvalue weighted by Gasteiger charge is -2.10. The van der Waals surface area contributed by atoms with Gasteiger partial charge in [-0.2, -0.15) is 0 Å². The third-order valence-corrected chi connectivity index (χ3v) is 4.20. The maximum absolute atomic E-state index is 12.7. The van der Waals surface area contributed by atoms with E-state index in [4.69, 9.17) is 4.42 Å². The minimum absolute atomic E-state index is 0.133. The molecule has 0 bridgehead atoms. The predicted octanol–water partition coefficient (Wildman–Crippen LogP) is 5.07. The number of hydrogen-bond donors (Lipinski definition) is 1. The summed E-state index contributed by atoms with van der Waals surface area (Å²) >= 11 is 0. The Labute approximate surface area is 141 Å². The Hall–Kier alpha value is -2.75. The monoisotopic (exact) mass is 322 g/mol. The molecule has 0 aliphatic carbocycles. The van der Waals surface area contributed by atoms with Crippen LogP contribution in [0.4, 0.5) is 5.69 Å². The number of benzene rings is 1. The minimum atomic E-state index is -0.133. The zero-order chi connectivity index (χ0) is 17.3. The van der Waals surface area contributed by atoms with E-state index < -0.39 is 0 Å². The van der Waals surface area contributed by atoms with Crippen LogP contribution in [-0.4, -0.2) is 10.5 Å². The van der Waals surface area contributed by atoms with Crippen molar-refractivity contribution >= 4 is 22.7 Å². The zero-order valence-electron chi connectivity index (χ0n) is 14.5. The van der Waals surface area contributed by atoms with Gasteiger partial charge in [0.2, 0.25) is 0 Å². The average Bonchev–Trinajstić information content (AvgIpc) is 3.10. The molecule has 0 unspecified atom stereocenters. The van der Waals surface area contributed by atoms with E-state index >= 15 is 0 Å². The van der Waals surface area contributed by atoms with Crippen LogP contribution in [0.25, 0.3) is 11.1 Å². The average molecular weight is 322 g/mol. The summed E-state index contributed by atoms with van der Waals surface area (Å²) in [7, 11) is 0. The van der Waals surface area contributed by atoms with Crippen LogP contribution in [0.15, 0.2) is 52.7 Å². The number of fused-ring (bicyclic) bond motifs is 1. The summed E-state index contributed by atoms with van der Waals surface area (Å²) in [6.45, 7) is 8.83. The van der Waals surface area contributed by atoms with Gasteiger partial charge in [-0.25, -0.2) is 0 Å². The molecule has 1 aromatic carbocycles. The van der Waals surface area contributed by atoms with Gasteiger partial charge in [0.1, 0.15) is 5.69 Å². The molecule has 0 saturated carbocycles. The van der Waals surface area contributed by atoms with E-state index in [1.165, 1.54) is 11.1 Å². The molecule has 0 spiro atoms. The summed E-state index contributed by atoms with van der Waals surface area (Å²) < 4.78 is 7.43. The predicted molar refractivity (Wildman–Crippen MR) is 97.5 cm³/mol. The van der Waals surface area contributed by atoms with Crippen LogP contribution in [0, 0.1) is 13.8 Å². The smallest absolute Gasteiger partial charge is 0.272 e. The Bertz CT molecular complexity index is 924. The molecule has 2 aromatic heterocycles. The molecule has 0 aliphatic heterocycles. The van der Waals surface area contributed by atoms with Crippen molar-refractivity contribution < 1.29 is 9.21 Å². The number of nitrogens with one attached hydrogen (secondary N) is 1. The quantitative estimate of drug-likeness (QED) is 0.682. The van der Waals surface area contributed by atoms with Crippen molar-refractivity contribution in [1.29, 1.82) is 0 Å². The maximum Gasteiger partial charge on any atom is 0.272 e. The summed E-state index contributed by atoms with van der Waals surface area (Å²) in [5, 5.41) is 2.98. The molecule has 0 aliphatic rings. The van der Waals surface area contributed by atoms with E-state index in [9.17, 15) is 4.79 Å². The van der Waals surface area contributed by atoms with E-state index in [1.807, 2.05) is 49.6 Å². The molecule has 24 heavy (non-hydrogen) atoms. The van der Waals surface area contributed by atoms with Crippen molar-refractivity contribution in [1.82, 2.24) is 4.57 Å². The van der Waals surface area contributed by atoms with Gasteiger partial charge in [0.25, 0.3) is 5.91 Å². The van der Waals surface area contributed by atoms with Crippen molar-refractivity contribution in [3.8, 4) is 0 Å². The lowest BCUT2D eigenvalue weighted by molar-refractivity contribution is 0.101. The third kappa shape index (κ3) is 3.13. The first-order valence-corrected chi connectivity index (χ1v) is 8.04. The summed E-state index contributed by atoms with van der Waals surface area (Å²) in [6, 6.07) is 9.61. The number of aromatic nitrogens is 1. The highest BCUT2D eigenvalue weighted by molar-refractivity contribution is 6.05. The topological polar surface area (TPSA) is 47.2 Å². The Morgan fingerprint density at radius 3 is 2.67 bits per heavy atom. The van der Waals surface area contributed by atoms with Crippen LogP contribution < -0.4 is 5.32 Å². The largest absolute Gasteiger partial charge is 0.463 e. The molecule has 1 amide bonds. The molecule has 124 valence electrons. The fourth-order valence-corrected chi connectivity index (χ4v) is 2.65. The molecule has 0 radical (unpaired) electrons. The second kappa shape index (κ2) is 6.40. The van der Waals surface area contributed by atoms with Crippen molar-refractivity contribution in [2.24, 2.45) is 0 Å². The lowest BCUT2D eigenvalue weighted by atomic mass is 10.1. The molecule has 0 atom stereocenters. The first-order chi connectivity index (χ1) is 11.5. The number of anilines is 1. The SMILES string of the molecule is CC(C)=CCn1c(C(=O)Nc2ccc(C)c(C)c2)cc2occc21. The minimum Gasteiger partial charge on any atom is -0.463 e. The highest BCUT2D eigenvalue weighted by Gasteiger charge is 2.17. The Balaban J connectivity index is 1.93. The van der Waals surface area contributed by atoms with Crippen LogP contribution in [0.2, 0.25) is 0 Å². The maximum atomic E-state index is 12.7. The van der Waals surface area contributed by atoms with Gasteiger partial charge in [-0.15, -0.1) is 0 Å². The number of allylic oxidation sites excluding steroid dienone is 2. The van der Waals surface area contributed by atoms with Crippen molar-refractivity contribution in [3.63, 3.8) is 0 Å². The molecular weight excluding hydrogens is 300 g/mol. The van der Waals surface area contributed by atoms with E-state index in [2.05, 4.69) is 18.3 Å². The number of amides is 1. The van der Waals surface area contributed by atoms with Crippen molar-refractivity contribution in [2.45, 2.75) is 34.2 Å². The molecule has 4 heteroatoms. The number of carbonyl (C=O) groups is 1. The van der Waals surface area contributed by atoms with Crippen LogP contribution in [0.3, 0.4) is 0 Å². The molecule has 2 heterocycles. The van der Waals surface area contributed by atoms with E-state index in [0.29, 0.717) is 12.2 Å². The molecule has 1 N–H and O–H groups in total. The molecule has 4 nitrogen and oxygen atoms in total. The number of aryl methyl sites for hydroxylation is 2. The number of hydrogen-bond acceptors (Lipinski definition) is 2. The highest BCUT2D eigenvalue weighted by Crippen LogP contribution is 2.23. The summed E-state index contributed by atoms with van der Waals surface area (Å²) in [4.78, 5) is 12.7. The second-order valence-electron chi connectivity index (χ2n) is 6.34.